The number of nitrogens with zero attached hydrogens (tertiary/aromatic N) is 3. The van der Waals surface area contributed by atoms with E-state index >= 15 is 0 Å². The summed E-state index contributed by atoms with van der Waals surface area (Å²) in [4.78, 5) is 22.2. The van der Waals surface area contributed by atoms with E-state index in [0.717, 1.165) is 35.4 Å². The summed E-state index contributed by atoms with van der Waals surface area (Å²) in [6.07, 6.45) is 4.61. The standard InChI is InChI=1S/C24H24N4O3S/c1-30-20-8-6-7-16(22(20)31-2)24-27-18(14-32-24)23(29)25-15-10-11-19-17(13-15)26-21-9-4-3-5-12-28(19)21/h6-8,10-11,13-14H,3-5,9,12H2,1-2H3,(H,25,29). The van der Waals surface area contributed by atoms with E-state index in [1.165, 1.54) is 30.6 Å². The molecule has 1 aliphatic heterocycles. The van der Waals surface area contributed by atoms with Crippen molar-refractivity contribution in [1.29, 1.82) is 0 Å². The van der Waals surface area contributed by atoms with Gasteiger partial charge in [-0.15, -0.1) is 11.3 Å². The van der Waals surface area contributed by atoms with Gasteiger partial charge in [-0.05, 0) is 43.2 Å². The molecule has 1 aliphatic rings. The number of anilines is 1. The average Bonchev–Trinajstić information content (AvgIpc) is 3.37. The third kappa shape index (κ3) is 3.71. The molecule has 0 atom stereocenters. The number of methoxy groups -OCH3 is 2. The van der Waals surface area contributed by atoms with E-state index in [1.807, 2.05) is 36.4 Å². The number of thiazole rings is 1. The third-order valence-electron chi connectivity index (χ3n) is 5.74. The minimum absolute atomic E-state index is 0.255. The summed E-state index contributed by atoms with van der Waals surface area (Å²) in [6.45, 7) is 1.01. The van der Waals surface area contributed by atoms with E-state index in [9.17, 15) is 4.79 Å². The number of benzene rings is 2. The van der Waals surface area contributed by atoms with Gasteiger partial charge in [0.15, 0.2) is 11.5 Å². The number of fused-ring (bicyclic) bond motifs is 3. The van der Waals surface area contributed by atoms with Gasteiger partial charge in [0.25, 0.3) is 5.91 Å². The van der Waals surface area contributed by atoms with Crippen LogP contribution in [0.4, 0.5) is 5.69 Å². The number of ether oxygens (including phenoxy) is 2. The Morgan fingerprint density at radius 1 is 1.09 bits per heavy atom. The molecule has 164 valence electrons. The molecule has 2 aromatic carbocycles. The van der Waals surface area contributed by atoms with Crippen LogP contribution in [-0.4, -0.2) is 34.7 Å². The Balaban J connectivity index is 1.38. The first-order chi connectivity index (χ1) is 15.7. The van der Waals surface area contributed by atoms with Gasteiger partial charge in [0.2, 0.25) is 0 Å². The molecule has 7 nitrogen and oxygen atoms in total. The minimum atomic E-state index is -0.255. The number of hydrogen-bond donors (Lipinski definition) is 1. The van der Waals surface area contributed by atoms with Crippen molar-refractivity contribution in [2.24, 2.45) is 0 Å². The fraction of sp³-hybridized carbons (Fsp3) is 0.292. The highest BCUT2D eigenvalue weighted by atomic mass is 32.1. The quantitative estimate of drug-likeness (QED) is 0.456. The highest BCUT2D eigenvalue weighted by Crippen LogP contribution is 2.39. The summed E-state index contributed by atoms with van der Waals surface area (Å²) in [6, 6.07) is 11.5. The van der Waals surface area contributed by atoms with E-state index in [2.05, 4.69) is 14.9 Å². The van der Waals surface area contributed by atoms with Crippen molar-refractivity contribution >= 4 is 34.0 Å². The first-order valence-corrected chi connectivity index (χ1v) is 11.5. The number of nitrogens with one attached hydrogen (secondary N) is 1. The second-order valence-corrected chi connectivity index (χ2v) is 8.59. The van der Waals surface area contributed by atoms with E-state index in [-0.39, 0.29) is 5.91 Å². The molecule has 8 heteroatoms. The van der Waals surface area contributed by atoms with Gasteiger partial charge in [-0.1, -0.05) is 12.5 Å². The fourth-order valence-corrected chi connectivity index (χ4v) is 5.00. The van der Waals surface area contributed by atoms with Crippen LogP contribution in [0.2, 0.25) is 0 Å². The SMILES string of the molecule is COc1cccc(-c2nc(C(=O)Nc3ccc4c(c3)nc3n4CCCCC3)cs2)c1OC. The maximum atomic E-state index is 12.9. The number of aromatic nitrogens is 3. The zero-order valence-corrected chi connectivity index (χ0v) is 18.9. The predicted octanol–water partition coefficient (Wildman–Crippen LogP) is 5.16. The van der Waals surface area contributed by atoms with Gasteiger partial charge in [0.1, 0.15) is 16.5 Å². The molecule has 1 amide bonds. The molecule has 0 fully saturated rings. The molecule has 3 heterocycles. The number of amides is 1. The van der Waals surface area contributed by atoms with E-state index in [0.29, 0.717) is 27.9 Å². The Morgan fingerprint density at radius 3 is 2.84 bits per heavy atom. The van der Waals surface area contributed by atoms with E-state index in [1.54, 1.807) is 19.6 Å². The predicted molar refractivity (Wildman–Crippen MR) is 126 cm³/mol. The molecule has 32 heavy (non-hydrogen) atoms. The van der Waals surface area contributed by atoms with Gasteiger partial charge >= 0.3 is 0 Å². The Labute approximate surface area is 190 Å². The Morgan fingerprint density at radius 2 is 2.00 bits per heavy atom. The normalized spacial score (nSPS) is 13.4. The van der Waals surface area contributed by atoms with Crippen molar-refractivity contribution in [1.82, 2.24) is 14.5 Å². The van der Waals surface area contributed by atoms with E-state index < -0.39 is 0 Å². The van der Waals surface area contributed by atoms with Crippen molar-refractivity contribution in [3.05, 3.63) is 53.3 Å². The highest BCUT2D eigenvalue weighted by molar-refractivity contribution is 7.13. The summed E-state index contributed by atoms with van der Waals surface area (Å²) >= 11 is 1.39. The number of hydrogen-bond acceptors (Lipinski definition) is 6. The van der Waals surface area contributed by atoms with Crippen molar-refractivity contribution in [2.75, 3.05) is 19.5 Å². The van der Waals surface area contributed by atoms with Crippen LogP contribution in [0.5, 0.6) is 11.5 Å². The summed E-state index contributed by atoms with van der Waals surface area (Å²) in [5.41, 5.74) is 3.90. The van der Waals surface area contributed by atoms with Crippen LogP contribution in [0, 0.1) is 0 Å². The van der Waals surface area contributed by atoms with Crippen molar-refractivity contribution in [3.63, 3.8) is 0 Å². The zero-order chi connectivity index (χ0) is 22.1. The number of rotatable bonds is 5. The molecule has 0 saturated heterocycles. The van der Waals surface area contributed by atoms with Gasteiger partial charge in [0, 0.05) is 24.0 Å². The number of aryl methyl sites for hydroxylation is 2. The summed E-state index contributed by atoms with van der Waals surface area (Å²) in [5, 5.41) is 5.40. The molecule has 0 radical (unpaired) electrons. The van der Waals surface area contributed by atoms with Crippen LogP contribution in [0.3, 0.4) is 0 Å². The van der Waals surface area contributed by atoms with Crippen LogP contribution in [0.1, 0.15) is 35.6 Å². The molecule has 4 aromatic rings. The Kier molecular flexibility index (Phi) is 5.53. The summed E-state index contributed by atoms with van der Waals surface area (Å²) in [5.74, 6) is 2.10. The number of para-hydroxylation sites is 1. The molecular weight excluding hydrogens is 424 g/mol. The zero-order valence-electron chi connectivity index (χ0n) is 18.1. The van der Waals surface area contributed by atoms with Gasteiger partial charge in [0.05, 0.1) is 30.8 Å². The maximum absolute atomic E-state index is 12.9. The number of carbonyl (C=O) groups is 1. The Bertz CT molecular complexity index is 1290. The monoisotopic (exact) mass is 448 g/mol. The van der Waals surface area contributed by atoms with Crippen LogP contribution in [0.25, 0.3) is 21.6 Å². The Hall–Kier alpha value is -3.39. The lowest BCUT2D eigenvalue weighted by Gasteiger charge is -2.10. The van der Waals surface area contributed by atoms with Crippen molar-refractivity contribution in [3.8, 4) is 22.1 Å². The van der Waals surface area contributed by atoms with Crippen LogP contribution >= 0.6 is 11.3 Å². The lowest BCUT2D eigenvalue weighted by molar-refractivity contribution is 0.102. The van der Waals surface area contributed by atoms with Gasteiger partial charge < -0.3 is 19.4 Å². The lowest BCUT2D eigenvalue weighted by atomic mass is 10.2. The van der Waals surface area contributed by atoms with Gasteiger partial charge in [-0.3, -0.25) is 4.79 Å². The molecule has 0 aliphatic carbocycles. The first kappa shape index (κ1) is 20.5. The molecule has 0 saturated carbocycles. The maximum Gasteiger partial charge on any atom is 0.275 e. The second kappa shape index (κ2) is 8.63. The lowest BCUT2D eigenvalue weighted by Crippen LogP contribution is -2.12. The van der Waals surface area contributed by atoms with Gasteiger partial charge in [-0.2, -0.15) is 0 Å². The number of imidazole rings is 1. The molecule has 5 rings (SSSR count). The fourth-order valence-electron chi connectivity index (χ4n) is 4.18. The molecule has 0 spiro atoms. The minimum Gasteiger partial charge on any atom is -0.493 e. The van der Waals surface area contributed by atoms with Crippen molar-refractivity contribution in [2.45, 2.75) is 32.2 Å². The highest BCUT2D eigenvalue weighted by Gasteiger charge is 2.18. The average molecular weight is 449 g/mol. The topological polar surface area (TPSA) is 78.3 Å². The third-order valence-corrected chi connectivity index (χ3v) is 6.61. The smallest absolute Gasteiger partial charge is 0.275 e. The largest absolute Gasteiger partial charge is 0.493 e. The summed E-state index contributed by atoms with van der Waals surface area (Å²) in [7, 11) is 3.19. The van der Waals surface area contributed by atoms with Crippen LogP contribution in [-0.2, 0) is 13.0 Å². The molecule has 1 N–H and O–H groups in total. The summed E-state index contributed by atoms with van der Waals surface area (Å²) < 4.78 is 13.2. The molecular formula is C24H24N4O3S. The van der Waals surface area contributed by atoms with Crippen LogP contribution < -0.4 is 14.8 Å². The molecule has 2 aromatic heterocycles. The van der Waals surface area contributed by atoms with Crippen LogP contribution in [0.15, 0.2) is 41.8 Å². The molecule has 0 unspecified atom stereocenters. The van der Waals surface area contributed by atoms with Crippen molar-refractivity contribution < 1.29 is 14.3 Å². The first-order valence-electron chi connectivity index (χ1n) is 10.7. The van der Waals surface area contributed by atoms with E-state index in [4.69, 9.17) is 14.5 Å². The second-order valence-electron chi connectivity index (χ2n) is 7.73. The number of carbonyl (C=O) groups excluding carboxylic acids is 1. The molecule has 0 bridgehead atoms. The van der Waals surface area contributed by atoms with Gasteiger partial charge in [-0.25, -0.2) is 9.97 Å².